The van der Waals surface area contributed by atoms with Gasteiger partial charge in [-0.15, -0.1) is 10.2 Å². The first-order chi connectivity index (χ1) is 12.2. The van der Waals surface area contributed by atoms with Crippen molar-refractivity contribution in [2.24, 2.45) is 15.4 Å². The predicted octanol–water partition coefficient (Wildman–Crippen LogP) is 4.38. The molecule has 1 N–H and O–H groups in total. The molecule has 0 radical (unpaired) electrons. The molecule has 1 aliphatic carbocycles. The van der Waals surface area contributed by atoms with Gasteiger partial charge in [-0.25, -0.2) is 0 Å². The maximum absolute atomic E-state index is 12.5. The van der Waals surface area contributed by atoms with E-state index in [1.807, 2.05) is 24.3 Å². The second kappa shape index (κ2) is 6.41. The molecule has 0 saturated carbocycles. The number of carbonyl (C=O) groups excluding carboxylic acids is 1. The number of amides is 1. The largest absolute Gasteiger partial charge is 0.322 e. The summed E-state index contributed by atoms with van der Waals surface area (Å²) in [5.41, 5.74) is 4.17. The highest BCUT2D eigenvalue weighted by atomic mass is 35.5. The number of fused-ring (bicyclic) bond motifs is 1. The van der Waals surface area contributed by atoms with E-state index in [1.54, 1.807) is 30.5 Å². The summed E-state index contributed by atoms with van der Waals surface area (Å²) < 4.78 is 0. The smallest absolute Gasteiger partial charge is 0.251 e. The van der Waals surface area contributed by atoms with Gasteiger partial charge < -0.3 is 5.32 Å². The van der Waals surface area contributed by atoms with E-state index >= 15 is 0 Å². The Hall–Kier alpha value is -3.12. The molecule has 1 aromatic heterocycles. The number of rotatable bonds is 3. The predicted molar refractivity (Wildman–Crippen MR) is 96.4 cm³/mol. The fourth-order valence-corrected chi connectivity index (χ4v) is 2.81. The first-order valence-electron chi connectivity index (χ1n) is 7.62. The number of aromatic nitrogens is 1. The SMILES string of the molecule is O=C(Nc1ccc(Cl)c(-c2ccccn2)c1)C1=CC=C2N=NN=C2C1. The van der Waals surface area contributed by atoms with Crippen LogP contribution in [-0.2, 0) is 4.79 Å². The molecule has 25 heavy (non-hydrogen) atoms. The molecule has 0 atom stereocenters. The molecule has 0 bridgehead atoms. The topological polar surface area (TPSA) is 79.1 Å². The number of hydrogen-bond acceptors (Lipinski definition) is 5. The van der Waals surface area contributed by atoms with Gasteiger partial charge in [0, 0.05) is 29.4 Å². The van der Waals surface area contributed by atoms with Crippen molar-refractivity contribution in [2.75, 3.05) is 5.32 Å². The molecule has 4 rings (SSSR count). The van der Waals surface area contributed by atoms with Gasteiger partial charge in [-0.3, -0.25) is 9.78 Å². The molecule has 6 nitrogen and oxygen atoms in total. The lowest BCUT2D eigenvalue weighted by atomic mass is 10.00. The van der Waals surface area contributed by atoms with Crippen LogP contribution in [0.3, 0.4) is 0 Å². The van der Waals surface area contributed by atoms with Crippen molar-refractivity contribution in [1.82, 2.24) is 4.98 Å². The number of nitrogens with zero attached hydrogens (tertiary/aromatic N) is 4. The summed E-state index contributed by atoms with van der Waals surface area (Å²) in [7, 11) is 0. The Morgan fingerprint density at radius 1 is 1.16 bits per heavy atom. The van der Waals surface area contributed by atoms with Crippen molar-refractivity contribution in [1.29, 1.82) is 0 Å². The van der Waals surface area contributed by atoms with Gasteiger partial charge in [-0.1, -0.05) is 23.7 Å². The second-order valence-electron chi connectivity index (χ2n) is 5.52. The maximum Gasteiger partial charge on any atom is 0.251 e. The lowest BCUT2D eigenvalue weighted by molar-refractivity contribution is -0.112. The zero-order valence-corrected chi connectivity index (χ0v) is 13.7. The van der Waals surface area contributed by atoms with Gasteiger partial charge >= 0.3 is 0 Å². The van der Waals surface area contributed by atoms with Gasteiger partial charge in [0.25, 0.3) is 5.91 Å². The van der Waals surface area contributed by atoms with Crippen molar-refractivity contribution in [3.63, 3.8) is 0 Å². The molecule has 2 aromatic rings. The molecule has 1 aromatic carbocycles. The van der Waals surface area contributed by atoms with Crippen LogP contribution < -0.4 is 5.32 Å². The van der Waals surface area contributed by atoms with Gasteiger partial charge in [0.05, 0.1) is 16.4 Å². The van der Waals surface area contributed by atoms with Crippen LogP contribution in [0.5, 0.6) is 0 Å². The van der Waals surface area contributed by atoms with E-state index in [4.69, 9.17) is 11.6 Å². The van der Waals surface area contributed by atoms with Gasteiger partial charge in [0.15, 0.2) is 0 Å². The van der Waals surface area contributed by atoms with E-state index < -0.39 is 0 Å². The van der Waals surface area contributed by atoms with Crippen LogP contribution in [0.4, 0.5) is 5.69 Å². The third-order valence-corrected chi connectivity index (χ3v) is 4.20. The molecule has 0 spiro atoms. The van der Waals surface area contributed by atoms with Crippen LogP contribution in [0, 0.1) is 0 Å². The van der Waals surface area contributed by atoms with Crippen molar-refractivity contribution in [3.05, 3.63) is 71.0 Å². The first-order valence-corrected chi connectivity index (χ1v) is 7.99. The molecule has 0 unspecified atom stereocenters. The molecule has 1 amide bonds. The van der Waals surface area contributed by atoms with E-state index in [0.717, 1.165) is 11.3 Å². The monoisotopic (exact) mass is 349 g/mol. The summed E-state index contributed by atoms with van der Waals surface area (Å²) >= 11 is 6.27. The average Bonchev–Trinajstić information content (AvgIpc) is 3.11. The summed E-state index contributed by atoms with van der Waals surface area (Å²) in [6.45, 7) is 0. The highest BCUT2D eigenvalue weighted by molar-refractivity contribution is 6.33. The highest BCUT2D eigenvalue weighted by Crippen LogP contribution is 2.30. The minimum atomic E-state index is -0.195. The standard InChI is InChI=1S/C18H12ClN5O/c19-14-6-5-12(10-13(14)15-3-1-2-8-20-15)21-18(25)11-4-7-16-17(9-11)23-24-22-16/h1-8,10H,9H2,(H,21,25). The summed E-state index contributed by atoms with van der Waals surface area (Å²) in [4.78, 5) is 16.8. The molecule has 0 saturated heterocycles. The number of allylic oxidation sites excluding steroid dienone is 3. The first kappa shape index (κ1) is 15.4. The maximum atomic E-state index is 12.5. The fourth-order valence-electron chi connectivity index (χ4n) is 2.60. The Balaban J connectivity index is 1.56. The lowest BCUT2D eigenvalue weighted by Gasteiger charge is -2.13. The van der Waals surface area contributed by atoms with Crippen LogP contribution in [0.1, 0.15) is 6.42 Å². The van der Waals surface area contributed by atoms with Crippen molar-refractivity contribution >= 4 is 28.9 Å². The van der Waals surface area contributed by atoms with Crippen molar-refractivity contribution < 1.29 is 4.79 Å². The summed E-state index contributed by atoms with van der Waals surface area (Å²) in [5, 5.41) is 14.9. The normalized spacial score (nSPS) is 15.2. The number of hydrogen-bond donors (Lipinski definition) is 1. The second-order valence-corrected chi connectivity index (χ2v) is 5.93. The molecule has 1 aliphatic heterocycles. The van der Waals surface area contributed by atoms with E-state index in [2.05, 4.69) is 25.7 Å². The average molecular weight is 350 g/mol. The van der Waals surface area contributed by atoms with Crippen LogP contribution in [0.15, 0.2) is 81.5 Å². The Morgan fingerprint density at radius 2 is 2.08 bits per heavy atom. The van der Waals surface area contributed by atoms with Gasteiger partial charge in [-0.05, 0) is 41.6 Å². The summed E-state index contributed by atoms with van der Waals surface area (Å²) in [6.07, 6.45) is 5.59. The third-order valence-electron chi connectivity index (χ3n) is 3.87. The molecule has 122 valence electrons. The zero-order valence-electron chi connectivity index (χ0n) is 13.0. The Labute approximate surface area is 148 Å². The van der Waals surface area contributed by atoms with Crippen molar-refractivity contribution in [2.45, 2.75) is 6.42 Å². The minimum Gasteiger partial charge on any atom is -0.322 e. The lowest BCUT2D eigenvalue weighted by Crippen LogP contribution is -2.18. The molecular weight excluding hydrogens is 338 g/mol. The quantitative estimate of drug-likeness (QED) is 0.892. The molecule has 2 heterocycles. The Kier molecular flexibility index (Phi) is 3.95. The number of anilines is 1. The summed E-state index contributed by atoms with van der Waals surface area (Å²) in [6, 6.07) is 10.9. The van der Waals surface area contributed by atoms with Crippen LogP contribution in [0.2, 0.25) is 5.02 Å². The minimum absolute atomic E-state index is 0.195. The number of pyridine rings is 1. The Bertz CT molecular complexity index is 976. The number of halogens is 1. The Morgan fingerprint density at radius 3 is 2.92 bits per heavy atom. The molecule has 7 heteroatoms. The van der Waals surface area contributed by atoms with Gasteiger partial charge in [0.2, 0.25) is 0 Å². The van der Waals surface area contributed by atoms with E-state index in [0.29, 0.717) is 34.1 Å². The zero-order chi connectivity index (χ0) is 17.2. The van der Waals surface area contributed by atoms with E-state index in [9.17, 15) is 4.79 Å². The third kappa shape index (κ3) is 3.12. The van der Waals surface area contributed by atoms with Crippen LogP contribution in [-0.4, -0.2) is 16.6 Å². The summed E-state index contributed by atoms with van der Waals surface area (Å²) in [5.74, 6) is -0.195. The number of nitrogens with one attached hydrogen (secondary N) is 1. The molecular formula is C18H12ClN5O. The highest BCUT2D eigenvalue weighted by Gasteiger charge is 2.21. The van der Waals surface area contributed by atoms with Gasteiger partial charge in [-0.2, -0.15) is 0 Å². The van der Waals surface area contributed by atoms with Crippen molar-refractivity contribution in [3.8, 4) is 11.3 Å². The van der Waals surface area contributed by atoms with Gasteiger partial charge in [0.1, 0.15) is 5.70 Å². The molecule has 2 aliphatic rings. The van der Waals surface area contributed by atoms with Crippen LogP contribution in [0.25, 0.3) is 11.3 Å². The van der Waals surface area contributed by atoms with E-state index in [1.165, 1.54) is 0 Å². The fraction of sp³-hybridized carbons (Fsp3) is 0.0556. The van der Waals surface area contributed by atoms with E-state index in [-0.39, 0.29) is 5.91 Å². The molecule has 0 fully saturated rings. The number of benzene rings is 1. The van der Waals surface area contributed by atoms with Crippen LogP contribution >= 0.6 is 11.6 Å². The number of carbonyl (C=O) groups is 1.